The molecule has 2 amide bonds. The topological polar surface area (TPSA) is 159 Å². The maximum Gasteiger partial charge on any atom is 0.408 e. The molecule has 12 heteroatoms. The first-order valence-corrected chi connectivity index (χ1v) is 15.6. The lowest BCUT2D eigenvalue weighted by Crippen LogP contribution is -2.45. The first-order chi connectivity index (χ1) is 21.7. The van der Waals surface area contributed by atoms with Crippen molar-refractivity contribution in [3.63, 3.8) is 0 Å². The van der Waals surface area contributed by atoms with Gasteiger partial charge in [-0.05, 0) is 96.6 Å². The standard InChI is InChI=1S/C35H46N2O10/c1-19(2)15-26(36-32(41)46-34(5,6)7)30(39)43-21-11-13-23-24-14-12-22(18-28(24)45-29(38)25(23)17-21)44-31(40)27(16-20(3)4)37-33(42)47-35(8,9)10/h11-14,17-20,26-27H,15-16H2,1-10H3,(H,36,41)(H,37,42)/t26-,27+/m1/s1. The third kappa shape index (κ3) is 11.3. The molecule has 0 aliphatic rings. The molecule has 0 unspecified atom stereocenters. The quantitative estimate of drug-likeness (QED) is 0.105. The molecule has 3 rings (SSSR count). The van der Waals surface area contributed by atoms with Gasteiger partial charge in [-0.25, -0.2) is 24.0 Å². The molecule has 0 aliphatic carbocycles. The van der Waals surface area contributed by atoms with Gasteiger partial charge < -0.3 is 34.0 Å². The van der Waals surface area contributed by atoms with E-state index in [0.29, 0.717) is 23.6 Å². The van der Waals surface area contributed by atoms with Crippen molar-refractivity contribution in [3.05, 3.63) is 46.8 Å². The number of amides is 2. The first-order valence-electron chi connectivity index (χ1n) is 15.6. The van der Waals surface area contributed by atoms with E-state index in [-0.39, 0.29) is 34.3 Å². The van der Waals surface area contributed by atoms with Crippen LogP contribution in [0.4, 0.5) is 9.59 Å². The summed E-state index contributed by atoms with van der Waals surface area (Å²) in [6.07, 6.45) is -0.866. The molecule has 2 N–H and O–H groups in total. The van der Waals surface area contributed by atoms with Crippen molar-refractivity contribution in [1.82, 2.24) is 10.6 Å². The van der Waals surface area contributed by atoms with E-state index in [2.05, 4.69) is 10.6 Å². The van der Waals surface area contributed by atoms with E-state index in [1.807, 2.05) is 27.7 Å². The zero-order chi connectivity index (χ0) is 35.3. The largest absolute Gasteiger partial charge is 0.444 e. The van der Waals surface area contributed by atoms with Gasteiger partial charge in [0.1, 0.15) is 40.4 Å². The number of hydrogen-bond acceptors (Lipinski definition) is 10. The molecule has 0 radical (unpaired) electrons. The summed E-state index contributed by atoms with van der Waals surface area (Å²) in [5.74, 6) is -1.08. The lowest BCUT2D eigenvalue weighted by Gasteiger charge is -2.23. The SMILES string of the molecule is CC(C)C[C@H](NC(=O)OC(C)(C)C)C(=O)Oc1ccc2c(c1)oc(=O)c1cc(OC(=O)[C@@H](CC(C)C)NC(=O)OC(C)(C)C)ccc12. The van der Waals surface area contributed by atoms with Crippen LogP contribution in [-0.2, 0) is 19.1 Å². The minimum Gasteiger partial charge on any atom is -0.444 e. The van der Waals surface area contributed by atoms with Gasteiger partial charge in [-0.15, -0.1) is 0 Å². The predicted molar refractivity (Wildman–Crippen MR) is 176 cm³/mol. The summed E-state index contributed by atoms with van der Waals surface area (Å²) in [5.41, 5.74) is -2.03. The lowest BCUT2D eigenvalue weighted by molar-refractivity contribution is -0.138. The van der Waals surface area contributed by atoms with Gasteiger partial charge in [0.05, 0.1) is 5.39 Å². The Morgan fingerprint density at radius 3 is 1.51 bits per heavy atom. The van der Waals surface area contributed by atoms with Crippen molar-refractivity contribution >= 4 is 45.9 Å². The van der Waals surface area contributed by atoms with Crippen LogP contribution < -0.4 is 25.7 Å². The van der Waals surface area contributed by atoms with Crippen LogP contribution >= 0.6 is 0 Å². The third-order valence-corrected chi connectivity index (χ3v) is 6.46. The summed E-state index contributed by atoms with van der Waals surface area (Å²) in [6.45, 7) is 17.9. The number of carbonyl (C=O) groups is 4. The summed E-state index contributed by atoms with van der Waals surface area (Å²) in [4.78, 5) is 63.9. The molecule has 12 nitrogen and oxygen atoms in total. The second-order valence-electron chi connectivity index (χ2n) is 14.3. The maximum absolute atomic E-state index is 13.1. The number of hydrogen-bond donors (Lipinski definition) is 2. The molecule has 0 saturated heterocycles. The zero-order valence-electron chi connectivity index (χ0n) is 28.8. The Balaban J connectivity index is 1.83. The minimum absolute atomic E-state index is 0.0593. The summed E-state index contributed by atoms with van der Waals surface area (Å²) in [5, 5.41) is 6.37. The van der Waals surface area contributed by atoms with Gasteiger partial charge in [0.25, 0.3) is 0 Å². The molecule has 47 heavy (non-hydrogen) atoms. The van der Waals surface area contributed by atoms with E-state index in [1.165, 1.54) is 18.2 Å². The highest BCUT2D eigenvalue weighted by Gasteiger charge is 2.28. The Morgan fingerprint density at radius 1 is 0.660 bits per heavy atom. The number of esters is 2. The van der Waals surface area contributed by atoms with E-state index in [1.54, 1.807) is 59.7 Å². The molecule has 0 bridgehead atoms. The normalized spacial score (nSPS) is 13.3. The van der Waals surface area contributed by atoms with E-state index >= 15 is 0 Å². The number of benzene rings is 2. The summed E-state index contributed by atoms with van der Waals surface area (Å²) >= 11 is 0. The second kappa shape index (κ2) is 14.9. The van der Waals surface area contributed by atoms with Crippen molar-refractivity contribution in [2.75, 3.05) is 0 Å². The fourth-order valence-electron chi connectivity index (χ4n) is 4.66. The van der Waals surface area contributed by atoms with Crippen molar-refractivity contribution in [2.45, 2.75) is 105 Å². The number of nitrogens with one attached hydrogen (secondary N) is 2. The molecule has 256 valence electrons. The van der Waals surface area contributed by atoms with Gasteiger partial charge in [-0.1, -0.05) is 27.7 Å². The number of ether oxygens (including phenoxy) is 4. The van der Waals surface area contributed by atoms with Crippen LogP contribution in [0, 0.1) is 11.8 Å². The van der Waals surface area contributed by atoms with Crippen LogP contribution in [-0.4, -0.2) is 47.4 Å². The molecule has 0 aliphatic heterocycles. The van der Waals surface area contributed by atoms with Gasteiger partial charge in [0.15, 0.2) is 0 Å². The molecule has 3 aromatic rings. The Morgan fingerprint density at radius 2 is 1.09 bits per heavy atom. The second-order valence-corrected chi connectivity index (χ2v) is 14.3. The summed E-state index contributed by atoms with van der Waals surface area (Å²) < 4.78 is 27.3. The Labute approximate surface area is 274 Å². The molecule has 0 fully saturated rings. The predicted octanol–water partition coefficient (Wildman–Crippen LogP) is 6.64. The highest BCUT2D eigenvalue weighted by atomic mass is 16.6. The van der Waals surface area contributed by atoms with Crippen LogP contribution in [0.3, 0.4) is 0 Å². The maximum atomic E-state index is 13.1. The highest BCUT2D eigenvalue weighted by molar-refractivity contribution is 6.05. The fourth-order valence-corrected chi connectivity index (χ4v) is 4.66. The van der Waals surface area contributed by atoms with Gasteiger partial charge >= 0.3 is 29.8 Å². The average Bonchev–Trinajstić information content (AvgIpc) is 2.89. The number of rotatable bonds is 10. The monoisotopic (exact) mass is 654 g/mol. The van der Waals surface area contributed by atoms with Crippen molar-refractivity contribution in [3.8, 4) is 11.5 Å². The smallest absolute Gasteiger partial charge is 0.408 e. The molecule has 0 saturated carbocycles. The van der Waals surface area contributed by atoms with Crippen LogP contribution in [0.5, 0.6) is 11.5 Å². The molecule has 2 atom stereocenters. The summed E-state index contributed by atoms with van der Waals surface area (Å²) in [7, 11) is 0. The number of carbonyl (C=O) groups excluding carboxylic acids is 4. The van der Waals surface area contributed by atoms with Crippen molar-refractivity contribution < 1.29 is 42.5 Å². The van der Waals surface area contributed by atoms with Gasteiger partial charge in [-0.2, -0.15) is 0 Å². The molecule has 2 aromatic carbocycles. The number of alkyl carbamates (subject to hydrolysis) is 2. The van der Waals surface area contributed by atoms with Crippen LogP contribution in [0.2, 0.25) is 0 Å². The first kappa shape index (κ1) is 36.9. The van der Waals surface area contributed by atoms with E-state index in [4.69, 9.17) is 23.4 Å². The van der Waals surface area contributed by atoms with Crippen LogP contribution in [0.25, 0.3) is 21.7 Å². The summed E-state index contributed by atoms with van der Waals surface area (Å²) in [6, 6.07) is 7.20. The van der Waals surface area contributed by atoms with Gasteiger partial charge in [-0.3, -0.25) is 0 Å². The Bertz CT molecular complexity index is 1680. The van der Waals surface area contributed by atoms with Crippen molar-refractivity contribution in [1.29, 1.82) is 0 Å². The van der Waals surface area contributed by atoms with Gasteiger partial charge in [0, 0.05) is 16.8 Å². The zero-order valence-corrected chi connectivity index (χ0v) is 28.8. The van der Waals surface area contributed by atoms with E-state index < -0.39 is 53.0 Å². The lowest BCUT2D eigenvalue weighted by atomic mass is 10.0. The number of fused-ring (bicyclic) bond motifs is 3. The van der Waals surface area contributed by atoms with Crippen LogP contribution in [0.15, 0.2) is 45.6 Å². The van der Waals surface area contributed by atoms with Gasteiger partial charge in [0.2, 0.25) is 0 Å². The molecular formula is C35H46N2O10. The molecule has 0 spiro atoms. The fraction of sp³-hybridized carbons (Fsp3) is 0.514. The Kier molecular flexibility index (Phi) is 11.7. The average molecular weight is 655 g/mol. The molecular weight excluding hydrogens is 608 g/mol. The molecule has 1 aromatic heterocycles. The van der Waals surface area contributed by atoms with E-state index in [9.17, 15) is 24.0 Å². The third-order valence-electron chi connectivity index (χ3n) is 6.46. The highest BCUT2D eigenvalue weighted by Crippen LogP contribution is 2.29. The Hall–Kier alpha value is -4.61. The van der Waals surface area contributed by atoms with Crippen LogP contribution in [0.1, 0.15) is 82.1 Å². The van der Waals surface area contributed by atoms with E-state index in [0.717, 1.165) is 0 Å². The minimum atomic E-state index is -0.978. The molecule has 1 heterocycles. The van der Waals surface area contributed by atoms with Crippen molar-refractivity contribution in [2.24, 2.45) is 11.8 Å².